The van der Waals surface area contributed by atoms with Gasteiger partial charge in [-0.25, -0.2) is 9.37 Å². The molecule has 0 atom stereocenters. The molecule has 1 saturated heterocycles. The number of fused-ring (bicyclic) bond motifs is 1. The van der Waals surface area contributed by atoms with E-state index in [0.29, 0.717) is 21.3 Å². The van der Waals surface area contributed by atoms with Crippen molar-refractivity contribution >= 4 is 39.1 Å². The van der Waals surface area contributed by atoms with Gasteiger partial charge in [0.1, 0.15) is 17.2 Å². The Morgan fingerprint density at radius 1 is 1.27 bits per heavy atom. The van der Waals surface area contributed by atoms with Crippen LogP contribution in [-0.4, -0.2) is 33.4 Å². The highest BCUT2D eigenvalue weighted by Gasteiger charge is 2.20. The number of carbonyl (C=O) groups is 1. The molecular formula is C18H15ClFN3O2S. The molecular weight excluding hydrogens is 377 g/mol. The zero-order valence-electron chi connectivity index (χ0n) is 13.7. The van der Waals surface area contributed by atoms with Gasteiger partial charge in [0.2, 0.25) is 5.91 Å². The minimum atomic E-state index is -0.440. The molecule has 1 amide bonds. The maximum absolute atomic E-state index is 13.3. The molecule has 0 unspecified atom stereocenters. The van der Waals surface area contributed by atoms with Crippen LogP contribution in [0.25, 0.3) is 21.3 Å². The molecule has 0 saturated carbocycles. The Hall–Kier alpha value is -2.25. The third kappa shape index (κ3) is 3.01. The molecule has 3 aromatic rings. The smallest absolute Gasteiger partial charge is 0.263 e. The molecule has 0 radical (unpaired) electrons. The Kier molecular flexibility index (Phi) is 4.50. The minimum absolute atomic E-state index is 0.0335. The molecule has 1 aliphatic rings. The molecule has 1 aromatic carbocycles. The van der Waals surface area contributed by atoms with Crippen LogP contribution in [0.1, 0.15) is 12.8 Å². The zero-order valence-corrected chi connectivity index (χ0v) is 15.3. The first kappa shape index (κ1) is 17.2. The maximum atomic E-state index is 13.3. The number of rotatable bonds is 3. The second kappa shape index (κ2) is 6.81. The summed E-state index contributed by atoms with van der Waals surface area (Å²) in [4.78, 5) is 32.0. The molecule has 1 fully saturated rings. The third-order valence-electron chi connectivity index (χ3n) is 4.55. The lowest BCUT2D eigenvalue weighted by molar-refractivity contribution is -0.130. The van der Waals surface area contributed by atoms with Crippen molar-refractivity contribution in [1.82, 2.24) is 14.5 Å². The van der Waals surface area contributed by atoms with Crippen molar-refractivity contribution in [3.63, 3.8) is 0 Å². The highest BCUT2D eigenvalue weighted by atomic mass is 35.5. The first-order valence-corrected chi connectivity index (χ1v) is 9.50. The predicted molar refractivity (Wildman–Crippen MR) is 100 cm³/mol. The summed E-state index contributed by atoms with van der Waals surface area (Å²) in [6, 6.07) is 4.06. The van der Waals surface area contributed by atoms with Crippen LogP contribution < -0.4 is 5.56 Å². The molecule has 0 N–H and O–H groups in total. The summed E-state index contributed by atoms with van der Waals surface area (Å²) in [6.45, 7) is 1.44. The average molecular weight is 392 g/mol. The quantitative estimate of drug-likeness (QED) is 0.686. The number of halogens is 2. The number of hydrogen-bond donors (Lipinski definition) is 0. The molecule has 3 heterocycles. The number of aromatic nitrogens is 2. The van der Waals surface area contributed by atoms with Crippen LogP contribution in [0.5, 0.6) is 0 Å². The van der Waals surface area contributed by atoms with Gasteiger partial charge in [-0.15, -0.1) is 11.3 Å². The molecule has 0 spiro atoms. The second-order valence-corrected chi connectivity index (χ2v) is 7.48. The largest absolute Gasteiger partial charge is 0.341 e. The fourth-order valence-corrected chi connectivity index (χ4v) is 4.37. The Balaban J connectivity index is 1.77. The van der Waals surface area contributed by atoms with E-state index >= 15 is 0 Å². The molecule has 4 rings (SSSR count). The molecule has 5 nitrogen and oxygen atoms in total. The molecule has 134 valence electrons. The number of hydrogen-bond acceptors (Lipinski definition) is 4. The van der Waals surface area contributed by atoms with Crippen LogP contribution in [-0.2, 0) is 11.3 Å². The van der Waals surface area contributed by atoms with E-state index in [1.807, 2.05) is 0 Å². The summed E-state index contributed by atoms with van der Waals surface area (Å²) < 4.78 is 14.7. The van der Waals surface area contributed by atoms with E-state index in [9.17, 15) is 14.0 Å². The molecule has 1 aliphatic heterocycles. The molecule has 8 heteroatoms. The topological polar surface area (TPSA) is 55.2 Å². The Morgan fingerprint density at radius 2 is 2.04 bits per heavy atom. The number of likely N-dealkylation sites (tertiary alicyclic amines) is 1. The maximum Gasteiger partial charge on any atom is 0.263 e. The van der Waals surface area contributed by atoms with Crippen LogP contribution in [0.4, 0.5) is 4.39 Å². The van der Waals surface area contributed by atoms with Crippen molar-refractivity contribution in [3.8, 4) is 11.1 Å². The van der Waals surface area contributed by atoms with Crippen LogP contribution in [0.2, 0.25) is 5.02 Å². The van der Waals surface area contributed by atoms with E-state index in [-0.39, 0.29) is 23.0 Å². The molecule has 26 heavy (non-hydrogen) atoms. The van der Waals surface area contributed by atoms with E-state index < -0.39 is 5.82 Å². The lowest BCUT2D eigenvalue weighted by Gasteiger charge is -2.15. The molecule has 0 aliphatic carbocycles. The van der Waals surface area contributed by atoms with Crippen LogP contribution >= 0.6 is 22.9 Å². The summed E-state index contributed by atoms with van der Waals surface area (Å²) >= 11 is 7.48. The van der Waals surface area contributed by atoms with Crippen molar-refractivity contribution in [1.29, 1.82) is 0 Å². The average Bonchev–Trinajstić information content (AvgIpc) is 3.27. The van der Waals surface area contributed by atoms with Crippen LogP contribution in [0.3, 0.4) is 0 Å². The first-order valence-electron chi connectivity index (χ1n) is 8.24. The summed E-state index contributed by atoms with van der Waals surface area (Å²) in [5.41, 5.74) is 0.886. The molecule has 0 bridgehead atoms. The van der Waals surface area contributed by atoms with Gasteiger partial charge in [0.25, 0.3) is 5.56 Å². The van der Waals surface area contributed by atoms with Crippen molar-refractivity contribution in [2.45, 2.75) is 19.4 Å². The van der Waals surface area contributed by atoms with Gasteiger partial charge in [-0.1, -0.05) is 11.6 Å². The van der Waals surface area contributed by atoms with Gasteiger partial charge in [0.05, 0.1) is 16.7 Å². The predicted octanol–water partition coefficient (Wildman–Crippen LogP) is 3.54. The summed E-state index contributed by atoms with van der Waals surface area (Å²) in [5.74, 6) is -0.521. The standard InChI is InChI=1S/C18H15ClFN3O2S/c19-14-7-11(20)3-4-12(14)13-9-26-17-16(13)18(25)23(10-21-17)8-15(24)22-5-1-2-6-22/h3-4,7,9-10H,1-2,5-6,8H2. The number of nitrogens with zero attached hydrogens (tertiary/aromatic N) is 3. The van der Waals surface area contributed by atoms with Gasteiger partial charge in [-0.3, -0.25) is 14.2 Å². The number of carbonyl (C=O) groups excluding carboxylic acids is 1. The van der Waals surface area contributed by atoms with Crippen molar-refractivity contribution in [2.75, 3.05) is 13.1 Å². The lowest BCUT2D eigenvalue weighted by Crippen LogP contribution is -2.34. The van der Waals surface area contributed by atoms with E-state index in [0.717, 1.165) is 25.9 Å². The highest BCUT2D eigenvalue weighted by molar-refractivity contribution is 7.17. The van der Waals surface area contributed by atoms with Crippen molar-refractivity contribution < 1.29 is 9.18 Å². The lowest BCUT2D eigenvalue weighted by atomic mass is 10.1. The van der Waals surface area contributed by atoms with Crippen LogP contribution in [0, 0.1) is 5.82 Å². The number of thiophene rings is 1. The fourth-order valence-electron chi connectivity index (χ4n) is 3.20. The normalized spacial score (nSPS) is 14.3. The van der Waals surface area contributed by atoms with E-state index in [2.05, 4.69) is 4.98 Å². The minimum Gasteiger partial charge on any atom is -0.341 e. The van der Waals surface area contributed by atoms with Crippen LogP contribution in [0.15, 0.2) is 34.7 Å². The second-order valence-electron chi connectivity index (χ2n) is 6.22. The SMILES string of the molecule is O=C(Cn1cnc2scc(-c3ccc(F)cc3Cl)c2c1=O)N1CCCC1. The van der Waals surface area contributed by atoms with Crippen molar-refractivity contribution in [2.24, 2.45) is 0 Å². The molecule has 2 aromatic heterocycles. The fraction of sp³-hybridized carbons (Fsp3) is 0.278. The third-order valence-corrected chi connectivity index (χ3v) is 5.75. The summed E-state index contributed by atoms with van der Waals surface area (Å²) in [7, 11) is 0. The summed E-state index contributed by atoms with van der Waals surface area (Å²) in [5, 5.41) is 2.41. The highest BCUT2D eigenvalue weighted by Crippen LogP contribution is 2.35. The number of amides is 1. The first-order chi connectivity index (χ1) is 12.5. The number of benzene rings is 1. The Labute approximate surface area is 157 Å². The monoisotopic (exact) mass is 391 g/mol. The van der Waals surface area contributed by atoms with E-state index in [1.54, 1.807) is 16.3 Å². The Bertz CT molecular complexity index is 1060. The van der Waals surface area contributed by atoms with Gasteiger partial charge in [0.15, 0.2) is 0 Å². The van der Waals surface area contributed by atoms with Gasteiger partial charge in [0, 0.05) is 29.6 Å². The van der Waals surface area contributed by atoms with Gasteiger partial charge < -0.3 is 4.90 Å². The van der Waals surface area contributed by atoms with Gasteiger partial charge in [-0.2, -0.15) is 0 Å². The van der Waals surface area contributed by atoms with E-state index in [4.69, 9.17) is 11.6 Å². The summed E-state index contributed by atoms with van der Waals surface area (Å²) in [6.07, 6.45) is 3.40. The van der Waals surface area contributed by atoms with E-state index in [1.165, 1.54) is 34.4 Å². The van der Waals surface area contributed by atoms with Gasteiger partial charge >= 0.3 is 0 Å². The zero-order chi connectivity index (χ0) is 18.3. The van der Waals surface area contributed by atoms with Crippen molar-refractivity contribution in [3.05, 3.63) is 51.1 Å². The Morgan fingerprint density at radius 3 is 2.77 bits per heavy atom. The van der Waals surface area contributed by atoms with Gasteiger partial charge in [-0.05, 0) is 31.0 Å².